The Balaban J connectivity index is 2.10. The molecule has 0 aromatic heterocycles. The average molecular weight is 366 g/mol. The van der Waals surface area contributed by atoms with Gasteiger partial charge in [0.1, 0.15) is 6.10 Å². The molecule has 1 aromatic carbocycles. The van der Waals surface area contributed by atoms with E-state index in [2.05, 4.69) is 5.32 Å². The van der Waals surface area contributed by atoms with Crippen molar-refractivity contribution in [2.24, 2.45) is 0 Å². The number of hydrogen-bond acceptors (Lipinski definition) is 4. The van der Waals surface area contributed by atoms with Crippen LogP contribution in [-0.2, 0) is 19.6 Å². The van der Waals surface area contributed by atoms with Crippen molar-refractivity contribution in [1.82, 2.24) is 5.32 Å². The molecule has 1 unspecified atom stereocenters. The summed E-state index contributed by atoms with van der Waals surface area (Å²) in [6.45, 7) is 0.0110. The van der Waals surface area contributed by atoms with E-state index < -0.39 is 45.2 Å². The maximum absolute atomic E-state index is 13.8. The van der Waals surface area contributed by atoms with E-state index in [-0.39, 0.29) is 13.1 Å². The van der Waals surface area contributed by atoms with E-state index in [0.717, 1.165) is 18.7 Å². The number of rotatable bonds is 6. The fraction of sp³-hybridized carbons (Fsp3) is 0.500. The molecule has 6 nitrogen and oxygen atoms in total. The summed E-state index contributed by atoms with van der Waals surface area (Å²) < 4.78 is 69.6. The topological polar surface area (TPSA) is 75.7 Å². The predicted molar refractivity (Wildman–Crippen MR) is 80.5 cm³/mol. The van der Waals surface area contributed by atoms with Crippen LogP contribution in [0, 0.1) is 17.5 Å². The van der Waals surface area contributed by atoms with Gasteiger partial charge in [0.25, 0.3) is 0 Å². The number of ether oxygens (including phenoxy) is 1. The third kappa shape index (κ3) is 4.18. The zero-order valence-electron chi connectivity index (χ0n) is 12.9. The van der Waals surface area contributed by atoms with E-state index in [1.54, 1.807) is 0 Å². The molecule has 1 saturated heterocycles. The lowest BCUT2D eigenvalue weighted by molar-refractivity contribution is -0.129. The summed E-state index contributed by atoms with van der Waals surface area (Å²) >= 11 is 0. The van der Waals surface area contributed by atoms with Gasteiger partial charge in [-0.15, -0.1) is 0 Å². The number of amides is 1. The maximum atomic E-state index is 13.8. The van der Waals surface area contributed by atoms with E-state index in [1.165, 1.54) is 0 Å². The molecule has 1 fully saturated rings. The molecule has 1 atom stereocenters. The highest BCUT2D eigenvalue weighted by atomic mass is 32.2. The van der Waals surface area contributed by atoms with Crippen molar-refractivity contribution >= 4 is 21.6 Å². The molecule has 0 radical (unpaired) electrons. The van der Waals surface area contributed by atoms with Gasteiger partial charge in [0, 0.05) is 13.2 Å². The second-order valence-corrected chi connectivity index (χ2v) is 7.23. The molecule has 1 heterocycles. The molecule has 134 valence electrons. The van der Waals surface area contributed by atoms with Crippen molar-refractivity contribution < 1.29 is 31.1 Å². The van der Waals surface area contributed by atoms with Crippen LogP contribution in [0.1, 0.15) is 12.8 Å². The maximum Gasteiger partial charge on any atom is 0.249 e. The SMILES string of the molecule is CS(=O)(=O)N(CCNC(=O)C1CCCO1)c1ccc(F)c(F)c1F. The Bertz CT molecular complexity index is 721. The lowest BCUT2D eigenvalue weighted by Crippen LogP contribution is -2.41. The average Bonchev–Trinajstić information content (AvgIpc) is 3.03. The van der Waals surface area contributed by atoms with Gasteiger partial charge in [-0.3, -0.25) is 9.10 Å². The number of halogens is 3. The Morgan fingerprint density at radius 1 is 1.33 bits per heavy atom. The third-order valence-electron chi connectivity index (χ3n) is 3.52. The van der Waals surface area contributed by atoms with E-state index >= 15 is 0 Å². The molecule has 0 spiro atoms. The Hall–Kier alpha value is -1.81. The highest BCUT2D eigenvalue weighted by Gasteiger charge is 2.26. The van der Waals surface area contributed by atoms with Gasteiger partial charge in [0.2, 0.25) is 15.9 Å². The first-order valence-electron chi connectivity index (χ1n) is 7.22. The summed E-state index contributed by atoms with van der Waals surface area (Å²) in [5.41, 5.74) is -0.622. The quantitative estimate of drug-likeness (QED) is 0.767. The second kappa shape index (κ2) is 7.39. The molecule has 10 heteroatoms. The van der Waals surface area contributed by atoms with Crippen molar-refractivity contribution in [2.75, 3.05) is 30.3 Å². The number of sulfonamides is 1. The summed E-state index contributed by atoms with van der Waals surface area (Å²) in [7, 11) is -3.97. The van der Waals surface area contributed by atoms with Crippen LogP contribution in [0.5, 0.6) is 0 Å². The number of nitrogens with one attached hydrogen (secondary N) is 1. The predicted octanol–water partition coefficient (Wildman–Crippen LogP) is 1.17. The minimum absolute atomic E-state index is 0.135. The number of anilines is 1. The van der Waals surface area contributed by atoms with Crippen molar-refractivity contribution in [2.45, 2.75) is 18.9 Å². The van der Waals surface area contributed by atoms with Gasteiger partial charge >= 0.3 is 0 Å². The molecule has 0 saturated carbocycles. The van der Waals surface area contributed by atoms with Gasteiger partial charge < -0.3 is 10.1 Å². The molecule has 0 aliphatic carbocycles. The zero-order valence-corrected chi connectivity index (χ0v) is 13.7. The molecule has 1 N–H and O–H groups in total. The minimum Gasteiger partial charge on any atom is -0.368 e. The monoisotopic (exact) mass is 366 g/mol. The first kappa shape index (κ1) is 18.5. The van der Waals surface area contributed by atoms with Crippen LogP contribution in [-0.4, -0.2) is 46.4 Å². The van der Waals surface area contributed by atoms with Crippen molar-refractivity contribution in [3.8, 4) is 0 Å². The van der Waals surface area contributed by atoms with Gasteiger partial charge in [-0.2, -0.15) is 0 Å². The van der Waals surface area contributed by atoms with Gasteiger partial charge in [0.05, 0.1) is 18.5 Å². The fourth-order valence-electron chi connectivity index (χ4n) is 2.35. The van der Waals surface area contributed by atoms with Crippen LogP contribution in [0.2, 0.25) is 0 Å². The highest BCUT2D eigenvalue weighted by Crippen LogP contribution is 2.25. The van der Waals surface area contributed by atoms with Crippen molar-refractivity contribution in [3.05, 3.63) is 29.6 Å². The molecule has 2 rings (SSSR count). The fourth-order valence-corrected chi connectivity index (χ4v) is 3.27. The standard InChI is InChI=1S/C14H17F3N2O4S/c1-24(21,22)19(10-5-4-9(15)12(16)13(10)17)7-6-18-14(20)11-3-2-8-23-11/h4-5,11H,2-3,6-8H2,1H3,(H,18,20). The number of benzene rings is 1. The molecule has 1 aliphatic heterocycles. The van der Waals surface area contributed by atoms with E-state index in [0.29, 0.717) is 23.4 Å². The second-order valence-electron chi connectivity index (χ2n) is 5.32. The zero-order chi connectivity index (χ0) is 17.9. The number of carbonyl (C=O) groups excluding carboxylic acids is 1. The molecule has 1 amide bonds. The van der Waals surface area contributed by atoms with Crippen LogP contribution in [0.4, 0.5) is 18.9 Å². The first-order valence-corrected chi connectivity index (χ1v) is 9.07. The lowest BCUT2D eigenvalue weighted by atomic mass is 10.2. The molecule has 1 aromatic rings. The minimum atomic E-state index is -3.97. The van der Waals surface area contributed by atoms with Gasteiger partial charge in [-0.25, -0.2) is 21.6 Å². The highest BCUT2D eigenvalue weighted by molar-refractivity contribution is 7.92. The van der Waals surface area contributed by atoms with Gasteiger partial charge in [-0.1, -0.05) is 0 Å². The normalized spacial score (nSPS) is 17.8. The smallest absolute Gasteiger partial charge is 0.249 e. The summed E-state index contributed by atoms with van der Waals surface area (Å²) in [4.78, 5) is 11.8. The van der Waals surface area contributed by atoms with E-state index in [4.69, 9.17) is 4.74 Å². The molecule has 24 heavy (non-hydrogen) atoms. The summed E-state index contributed by atoms with van der Waals surface area (Å²) in [5.74, 6) is -5.18. The summed E-state index contributed by atoms with van der Waals surface area (Å²) in [6.07, 6.45) is 1.54. The molecular weight excluding hydrogens is 349 g/mol. The summed E-state index contributed by atoms with van der Waals surface area (Å²) in [6, 6.07) is 1.47. The Morgan fingerprint density at radius 3 is 2.62 bits per heavy atom. The lowest BCUT2D eigenvalue weighted by Gasteiger charge is -2.23. The van der Waals surface area contributed by atoms with Crippen LogP contribution >= 0.6 is 0 Å². The van der Waals surface area contributed by atoms with Crippen molar-refractivity contribution in [1.29, 1.82) is 0 Å². The van der Waals surface area contributed by atoms with Crippen LogP contribution < -0.4 is 9.62 Å². The molecule has 0 bridgehead atoms. The largest absolute Gasteiger partial charge is 0.368 e. The van der Waals surface area contributed by atoms with E-state index in [9.17, 15) is 26.4 Å². The molecule has 1 aliphatic rings. The van der Waals surface area contributed by atoms with E-state index in [1.807, 2.05) is 0 Å². The van der Waals surface area contributed by atoms with Crippen molar-refractivity contribution in [3.63, 3.8) is 0 Å². The number of hydrogen-bond donors (Lipinski definition) is 1. The van der Waals surface area contributed by atoms with Crippen LogP contribution in [0.3, 0.4) is 0 Å². The third-order valence-corrected chi connectivity index (χ3v) is 4.70. The Kier molecular flexibility index (Phi) is 5.70. The summed E-state index contributed by atoms with van der Waals surface area (Å²) in [5, 5.41) is 2.48. The van der Waals surface area contributed by atoms with Gasteiger partial charge in [-0.05, 0) is 25.0 Å². The number of nitrogens with zero attached hydrogens (tertiary/aromatic N) is 1. The van der Waals surface area contributed by atoms with Gasteiger partial charge in [0.15, 0.2) is 17.5 Å². The van der Waals surface area contributed by atoms with Crippen LogP contribution in [0.25, 0.3) is 0 Å². The first-order chi connectivity index (χ1) is 11.2. The Labute approximate surface area is 137 Å². The molecular formula is C14H17F3N2O4S. The number of carbonyl (C=O) groups is 1. The van der Waals surface area contributed by atoms with Crippen LogP contribution in [0.15, 0.2) is 12.1 Å². The Morgan fingerprint density at radius 2 is 2.04 bits per heavy atom.